The molecule has 1 N–H and O–H groups in total. The third-order valence-corrected chi connectivity index (χ3v) is 5.21. The molecule has 25 heavy (non-hydrogen) atoms. The van der Waals surface area contributed by atoms with Crippen LogP contribution >= 0.6 is 0 Å². The van der Waals surface area contributed by atoms with Gasteiger partial charge in [-0.1, -0.05) is 36.4 Å². The maximum Gasteiger partial charge on any atom is 0.278 e. The summed E-state index contributed by atoms with van der Waals surface area (Å²) >= 11 is 0. The van der Waals surface area contributed by atoms with Crippen molar-refractivity contribution in [2.75, 3.05) is 7.11 Å². The number of hydrogen-bond donors (Lipinski definition) is 1. The molecule has 126 valence electrons. The highest BCUT2D eigenvalue weighted by Crippen LogP contribution is 2.52. The normalized spacial score (nSPS) is 20.0. The lowest BCUT2D eigenvalue weighted by Crippen LogP contribution is -2.45. The average molecular weight is 334 g/mol. The molecule has 3 aromatic carbocycles. The first-order valence-corrected chi connectivity index (χ1v) is 8.47. The molecule has 5 rings (SSSR count). The molecule has 2 aliphatic rings. The molecule has 1 aliphatic heterocycles. The number of fused-ring (bicyclic) bond motifs is 2. The minimum Gasteiger partial charge on any atom is -0.508 e. The molecule has 0 amide bonds. The number of hydrogen-bond acceptors (Lipinski definition) is 4. The van der Waals surface area contributed by atoms with Gasteiger partial charge in [0.25, 0.3) is 5.79 Å². The minimum absolute atomic E-state index is 0.165. The second-order valence-corrected chi connectivity index (χ2v) is 6.57. The molecule has 1 heterocycles. The molecule has 1 spiro atoms. The topological polar surface area (TPSA) is 47.9 Å². The fourth-order valence-corrected chi connectivity index (χ4v) is 4.09. The van der Waals surface area contributed by atoms with Gasteiger partial charge in [-0.15, -0.1) is 0 Å². The molecule has 0 fully saturated rings. The SMILES string of the molecule is CO[C@H]1CCC2(Oc3cccc4cccc(c34)O2)c2cccc(O)c21. The van der Waals surface area contributed by atoms with Crippen molar-refractivity contribution in [3.8, 4) is 17.2 Å². The number of phenolic OH excluding ortho intramolecular Hbond substituents is 1. The lowest BCUT2D eigenvalue weighted by molar-refractivity contribution is -0.149. The molecule has 0 radical (unpaired) electrons. The smallest absolute Gasteiger partial charge is 0.278 e. The highest BCUT2D eigenvalue weighted by Gasteiger charge is 2.48. The van der Waals surface area contributed by atoms with E-state index < -0.39 is 5.79 Å². The predicted octanol–water partition coefficient (Wildman–Crippen LogP) is 4.65. The molecule has 4 heteroatoms. The maximum absolute atomic E-state index is 10.4. The highest BCUT2D eigenvalue weighted by molar-refractivity contribution is 5.94. The Labute approximate surface area is 145 Å². The fraction of sp³-hybridized carbons (Fsp3) is 0.238. The molecule has 0 saturated carbocycles. The van der Waals surface area contributed by atoms with E-state index in [9.17, 15) is 5.11 Å². The summed E-state index contributed by atoms with van der Waals surface area (Å²) in [7, 11) is 1.66. The Bertz CT molecular complexity index is 938. The van der Waals surface area contributed by atoms with E-state index in [4.69, 9.17) is 14.2 Å². The molecular weight excluding hydrogens is 316 g/mol. The Balaban J connectivity index is 1.73. The summed E-state index contributed by atoms with van der Waals surface area (Å²) in [6, 6.07) is 17.5. The molecule has 0 aromatic heterocycles. The van der Waals surface area contributed by atoms with Crippen molar-refractivity contribution in [2.45, 2.75) is 24.7 Å². The summed E-state index contributed by atoms with van der Waals surface area (Å²) in [5.74, 6) is 0.896. The van der Waals surface area contributed by atoms with Gasteiger partial charge >= 0.3 is 0 Å². The maximum atomic E-state index is 10.4. The number of phenols is 1. The molecular formula is C21H18O4. The number of methoxy groups -OCH3 is 1. The summed E-state index contributed by atoms with van der Waals surface area (Å²) in [6.45, 7) is 0. The van der Waals surface area contributed by atoms with E-state index >= 15 is 0 Å². The zero-order chi connectivity index (χ0) is 17.0. The van der Waals surface area contributed by atoms with Gasteiger partial charge < -0.3 is 19.3 Å². The molecule has 0 bridgehead atoms. The Morgan fingerprint density at radius 2 is 1.68 bits per heavy atom. The standard InChI is InChI=1S/C21H18O4/c1-23-16-11-12-21(14-7-4-8-15(22)20(14)16)24-17-9-2-5-13-6-3-10-18(25-21)19(13)17/h2-10,16,22H,11-12H2,1H3/t16-/m0/s1. The van der Waals surface area contributed by atoms with E-state index in [1.807, 2.05) is 36.4 Å². The van der Waals surface area contributed by atoms with Crippen LogP contribution in [0.15, 0.2) is 54.6 Å². The largest absolute Gasteiger partial charge is 0.508 e. The van der Waals surface area contributed by atoms with Gasteiger partial charge in [0.05, 0.1) is 11.5 Å². The molecule has 1 atom stereocenters. The summed E-state index contributed by atoms with van der Waals surface area (Å²) in [6.07, 6.45) is 1.19. The lowest BCUT2D eigenvalue weighted by atomic mass is 9.83. The quantitative estimate of drug-likeness (QED) is 0.704. The first-order valence-electron chi connectivity index (χ1n) is 8.47. The van der Waals surface area contributed by atoms with Crippen molar-refractivity contribution in [2.24, 2.45) is 0 Å². The summed E-state index contributed by atoms with van der Waals surface area (Å²) in [5.41, 5.74) is 1.58. The van der Waals surface area contributed by atoms with Crippen LogP contribution in [-0.4, -0.2) is 12.2 Å². The summed E-state index contributed by atoms with van der Waals surface area (Å²) in [4.78, 5) is 0. The van der Waals surface area contributed by atoms with Crippen LogP contribution in [0.2, 0.25) is 0 Å². The number of aromatic hydroxyl groups is 1. The number of rotatable bonds is 1. The number of ether oxygens (including phenoxy) is 3. The Morgan fingerprint density at radius 3 is 2.36 bits per heavy atom. The van der Waals surface area contributed by atoms with Gasteiger partial charge in [0.15, 0.2) is 0 Å². The third-order valence-electron chi connectivity index (χ3n) is 5.21. The van der Waals surface area contributed by atoms with Crippen LogP contribution in [0.5, 0.6) is 17.2 Å². The first kappa shape index (κ1) is 14.6. The van der Waals surface area contributed by atoms with E-state index in [0.717, 1.165) is 33.4 Å². The molecule has 0 saturated heterocycles. The zero-order valence-electron chi connectivity index (χ0n) is 13.9. The van der Waals surface area contributed by atoms with Crippen molar-refractivity contribution >= 4 is 10.8 Å². The minimum atomic E-state index is -0.939. The second-order valence-electron chi connectivity index (χ2n) is 6.57. The summed E-state index contributed by atoms with van der Waals surface area (Å²) in [5, 5.41) is 12.5. The van der Waals surface area contributed by atoms with Crippen LogP contribution in [0.1, 0.15) is 30.1 Å². The van der Waals surface area contributed by atoms with Crippen LogP contribution in [0, 0.1) is 0 Å². The molecule has 0 unspecified atom stereocenters. The van der Waals surface area contributed by atoms with Crippen LogP contribution in [0.4, 0.5) is 0 Å². The van der Waals surface area contributed by atoms with Crippen molar-refractivity contribution in [3.05, 3.63) is 65.7 Å². The molecule has 3 aromatic rings. The Hall–Kier alpha value is -2.72. The van der Waals surface area contributed by atoms with Gasteiger partial charge in [0, 0.05) is 24.7 Å². The fourth-order valence-electron chi connectivity index (χ4n) is 4.09. The number of benzene rings is 3. The molecule has 4 nitrogen and oxygen atoms in total. The van der Waals surface area contributed by atoms with Gasteiger partial charge in [0.1, 0.15) is 17.2 Å². The van der Waals surface area contributed by atoms with E-state index in [1.165, 1.54) is 0 Å². The second kappa shape index (κ2) is 5.14. The molecule has 1 aliphatic carbocycles. The van der Waals surface area contributed by atoms with Crippen LogP contribution in [0.3, 0.4) is 0 Å². The van der Waals surface area contributed by atoms with Gasteiger partial charge in [-0.05, 0) is 30.0 Å². The lowest BCUT2D eigenvalue weighted by Gasteiger charge is -2.43. The van der Waals surface area contributed by atoms with Crippen molar-refractivity contribution in [3.63, 3.8) is 0 Å². The van der Waals surface area contributed by atoms with Crippen molar-refractivity contribution in [1.82, 2.24) is 0 Å². The van der Waals surface area contributed by atoms with Gasteiger partial charge in [0.2, 0.25) is 0 Å². The van der Waals surface area contributed by atoms with E-state index in [-0.39, 0.29) is 11.9 Å². The van der Waals surface area contributed by atoms with Crippen LogP contribution in [0.25, 0.3) is 10.8 Å². The monoisotopic (exact) mass is 334 g/mol. The first-order chi connectivity index (χ1) is 12.2. The van der Waals surface area contributed by atoms with Gasteiger partial charge in [-0.2, -0.15) is 0 Å². The van der Waals surface area contributed by atoms with Gasteiger partial charge in [-0.25, -0.2) is 0 Å². The van der Waals surface area contributed by atoms with E-state index in [0.29, 0.717) is 12.8 Å². The highest BCUT2D eigenvalue weighted by atomic mass is 16.7. The third kappa shape index (κ3) is 1.98. The van der Waals surface area contributed by atoms with Gasteiger partial charge in [-0.3, -0.25) is 0 Å². The van der Waals surface area contributed by atoms with Crippen LogP contribution < -0.4 is 9.47 Å². The van der Waals surface area contributed by atoms with Crippen molar-refractivity contribution < 1.29 is 19.3 Å². The average Bonchev–Trinajstić information content (AvgIpc) is 2.63. The van der Waals surface area contributed by atoms with E-state index in [2.05, 4.69) is 12.1 Å². The predicted molar refractivity (Wildman–Crippen MR) is 94.0 cm³/mol. The van der Waals surface area contributed by atoms with E-state index in [1.54, 1.807) is 13.2 Å². The van der Waals surface area contributed by atoms with Crippen molar-refractivity contribution in [1.29, 1.82) is 0 Å². The van der Waals surface area contributed by atoms with Crippen LogP contribution in [-0.2, 0) is 10.5 Å². The Kier molecular flexibility index (Phi) is 3.00. The Morgan fingerprint density at radius 1 is 1.00 bits per heavy atom. The zero-order valence-corrected chi connectivity index (χ0v) is 13.9. The summed E-state index contributed by atoms with van der Waals surface area (Å²) < 4.78 is 18.4.